The Bertz CT molecular complexity index is 1060. The fourth-order valence-corrected chi connectivity index (χ4v) is 2.67. The second-order valence-corrected chi connectivity index (χ2v) is 5.53. The van der Waals surface area contributed by atoms with Crippen molar-refractivity contribution in [3.05, 3.63) is 72.2 Å². The summed E-state index contributed by atoms with van der Waals surface area (Å²) in [6.45, 7) is 1.83. The Kier molecular flexibility index (Phi) is 3.61. The lowest BCUT2D eigenvalue weighted by molar-refractivity contribution is 0.625. The van der Waals surface area contributed by atoms with Crippen molar-refractivity contribution >= 4 is 22.5 Å². The number of aromatic nitrogens is 4. The molecule has 0 aliphatic rings. The molecular formula is C18H13F2N5. The molecule has 2 heterocycles. The lowest BCUT2D eigenvalue weighted by atomic mass is 10.2. The molecule has 0 amide bonds. The van der Waals surface area contributed by atoms with Crippen LogP contribution in [0.2, 0.25) is 0 Å². The maximum Gasteiger partial charge on any atom is 0.168 e. The number of halogens is 2. The summed E-state index contributed by atoms with van der Waals surface area (Å²) in [5.41, 5.74) is 2.52. The molecular weight excluding hydrogens is 324 g/mol. The standard InChI is InChI=1S/C18H13F2N5/c1-11-16-17(23-14-7-5-12(19)6-8-14)21-10-22-18(16)25(24-11)15-4-2-3-13(20)9-15/h2-10H,1H3,(H,21,22,23). The Labute approximate surface area is 142 Å². The zero-order valence-corrected chi connectivity index (χ0v) is 13.2. The molecule has 5 nitrogen and oxygen atoms in total. The molecule has 0 fully saturated rings. The lowest BCUT2D eigenvalue weighted by Crippen LogP contribution is -2.00. The topological polar surface area (TPSA) is 55.6 Å². The van der Waals surface area contributed by atoms with Gasteiger partial charge in [-0.3, -0.25) is 0 Å². The average molecular weight is 337 g/mol. The number of anilines is 2. The van der Waals surface area contributed by atoms with E-state index in [2.05, 4.69) is 20.4 Å². The lowest BCUT2D eigenvalue weighted by Gasteiger charge is -2.07. The van der Waals surface area contributed by atoms with Gasteiger partial charge in [0.1, 0.15) is 23.8 Å². The second kappa shape index (κ2) is 5.94. The molecule has 0 saturated carbocycles. The minimum atomic E-state index is -0.350. The van der Waals surface area contributed by atoms with E-state index >= 15 is 0 Å². The summed E-state index contributed by atoms with van der Waals surface area (Å²) in [5.74, 6) is -0.109. The first-order valence-electron chi connectivity index (χ1n) is 7.61. The van der Waals surface area contributed by atoms with E-state index in [4.69, 9.17) is 0 Å². The van der Waals surface area contributed by atoms with E-state index in [9.17, 15) is 8.78 Å². The highest BCUT2D eigenvalue weighted by atomic mass is 19.1. The van der Waals surface area contributed by atoms with Gasteiger partial charge >= 0.3 is 0 Å². The van der Waals surface area contributed by atoms with E-state index < -0.39 is 0 Å². The summed E-state index contributed by atoms with van der Waals surface area (Å²) in [6.07, 6.45) is 1.41. The van der Waals surface area contributed by atoms with Crippen LogP contribution in [0.15, 0.2) is 54.9 Å². The van der Waals surface area contributed by atoms with Crippen LogP contribution in [0.25, 0.3) is 16.7 Å². The quantitative estimate of drug-likeness (QED) is 0.610. The van der Waals surface area contributed by atoms with Gasteiger partial charge in [-0.1, -0.05) is 6.07 Å². The van der Waals surface area contributed by atoms with Crippen LogP contribution in [-0.2, 0) is 0 Å². The van der Waals surface area contributed by atoms with Crippen molar-refractivity contribution in [1.82, 2.24) is 19.7 Å². The third kappa shape index (κ3) is 2.80. The van der Waals surface area contributed by atoms with Crippen LogP contribution >= 0.6 is 0 Å². The second-order valence-electron chi connectivity index (χ2n) is 5.53. The SMILES string of the molecule is Cc1nn(-c2cccc(F)c2)c2ncnc(Nc3ccc(F)cc3)c12. The maximum atomic E-state index is 13.5. The molecule has 124 valence electrons. The third-order valence-corrected chi connectivity index (χ3v) is 3.80. The molecule has 0 saturated heterocycles. The number of fused-ring (bicyclic) bond motifs is 1. The molecule has 2 aromatic carbocycles. The van der Waals surface area contributed by atoms with Crippen LogP contribution in [-0.4, -0.2) is 19.7 Å². The monoisotopic (exact) mass is 337 g/mol. The van der Waals surface area contributed by atoms with Crippen LogP contribution in [0.4, 0.5) is 20.3 Å². The molecule has 0 atom stereocenters. The minimum absolute atomic E-state index is 0.312. The summed E-state index contributed by atoms with van der Waals surface area (Å²) in [7, 11) is 0. The van der Waals surface area contributed by atoms with Crippen LogP contribution in [0.3, 0.4) is 0 Å². The van der Waals surface area contributed by atoms with Gasteiger partial charge < -0.3 is 5.32 Å². The maximum absolute atomic E-state index is 13.5. The van der Waals surface area contributed by atoms with Crippen molar-refractivity contribution in [2.45, 2.75) is 6.92 Å². The zero-order chi connectivity index (χ0) is 17.4. The van der Waals surface area contributed by atoms with Crippen molar-refractivity contribution in [2.24, 2.45) is 0 Å². The molecule has 0 aliphatic heterocycles. The number of rotatable bonds is 3. The Morgan fingerprint density at radius 2 is 1.76 bits per heavy atom. The number of aryl methyl sites for hydroxylation is 1. The van der Waals surface area contributed by atoms with Gasteiger partial charge in [0, 0.05) is 5.69 Å². The largest absolute Gasteiger partial charge is 0.340 e. The van der Waals surface area contributed by atoms with Crippen molar-refractivity contribution in [3.63, 3.8) is 0 Å². The Hall–Kier alpha value is -3.35. The molecule has 25 heavy (non-hydrogen) atoms. The highest BCUT2D eigenvalue weighted by Gasteiger charge is 2.15. The minimum Gasteiger partial charge on any atom is -0.340 e. The Morgan fingerprint density at radius 1 is 0.960 bits per heavy atom. The number of nitrogens with one attached hydrogen (secondary N) is 1. The van der Waals surface area contributed by atoms with Gasteiger partial charge in [-0.05, 0) is 49.4 Å². The molecule has 0 spiro atoms. The third-order valence-electron chi connectivity index (χ3n) is 3.80. The normalized spacial score (nSPS) is 11.0. The summed E-state index contributed by atoms with van der Waals surface area (Å²) in [5, 5.41) is 8.33. The summed E-state index contributed by atoms with van der Waals surface area (Å²) in [6, 6.07) is 12.1. The van der Waals surface area contributed by atoms with Crippen LogP contribution in [0, 0.1) is 18.6 Å². The van der Waals surface area contributed by atoms with E-state index in [1.807, 2.05) is 6.92 Å². The van der Waals surface area contributed by atoms with Crippen molar-refractivity contribution in [3.8, 4) is 5.69 Å². The van der Waals surface area contributed by atoms with E-state index in [0.717, 1.165) is 5.39 Å². The number of hydrogen-bond acceptors (Lipinski definition) is 4. The van der Waals surface area contributed by atoms with Gasteiger partial charge in [0.25, 0.3) is 0 Å². The molecule has 0 radical (unpaired) electrons. The predicted molar refractivity (Wildman–Crippen MR) is 91.0 cm³/mol. The first-order valence-corrected chi connectivity index (χ1v) is 7.61. The summed E-state index contributed by atoms with van der Waals surface area (Å²) < 4.78 is 28.2. The average Bonchev–Trinajstić information content (AvgIpc) is 2.95. The highest BCUT2D eigenvalue weighted by Crippen LogP contribution is 2.27. The zero-order valence-electron chi connectivity index (χ0n) is 13.2. The number of nitrogens with zero attached hydrogens (tertiary/aromatic N) is 4. The van der Waals surface area contributed by atoms with E-state index in [-0.39, 0.29) is 11.6 Å². The van der Waals surface area contributed by atoms with Gasteiger partial charge in [-0.15, -0.1) is 0 Å². The van der Waals surface area contributed by atoms with Gasteiger partial charge in [-0.25, -0.2) is 23.4 Å². The van der Waals surface area contributed by atoms with Gasteiger partial charge in [0.15, 0.2) is 5.65 Å². The van der Waals surface area contributed by atoms with Gasteiger partial charge in [-0.2, -0.15) is 5.10 Å². The number of hydrogen-bond donors (Lipinski definition) is 1. The molecule has 4 aromatic rings. The van der Waals surface area contributed by atoms with Crippen molar-refractivity contribution < 1.29 is 8.78 Å². The van der Waals surface area contributed by atoms with Gasteiger partial charge in [0.2, 0.25) is 0 Å². The van der Waals surface area contributed by atoms with E-state index in [1.54, 1.807) is 28.9 Å². The summed E-state index contributed by atoms with van der Waals surface area (Å²) in [4.78, 5) is 8.56. The van der Waals surface area contributed by atoms with E-state index in [1.165, 1.54) is 30.6 Å². The Morgan fingerprint density at radius 3 is 2.52 bits per heavy atom. The fraction of sp³-hybridized carbons (Fsp3) is 0.0556. The highest BCUT2D eigenvalue weighted by molar-refractivity contribution is 5.91. The van der Waals surface area contributed by atoms with Gasteiger partial charge in [0.05, 0.1) is 16.8 Å². The summed E-state index contributed by atoms with van der Waals surface area (Å²) >= 11 is 0. The van der Waals surface area contributed by atoms with Crippen molar-refractivity contribution in [2.75, 3.05) is 5.32 Å². The Balaban J connectivity index is 1.83. The molecule has 7 heteroatoms. The first kappa shape index (κ1) is 15.2. The molecule has 4 rings (SSSR count). The molecule has 0 bridgehead atoms. The van der Waals surface area contributed by atoms with Crippen LogP contribution in [0.1, 0.15) is 5.69 Å². The molecule has 2 aromatic heterocycles. The number of benzene rings is 2. The predicted octanol–water partition coefficient (Wildman–Crippen LogP) is 4.15. The van der Waals surface area contributed by atoms with Crippen LogP contribution < -0.4 is 5.32 Å². The first-order chi connectivity index (χ1) is 12.1. The van der Waals surface area contributed by atoms with Crippen molar-refractivity contribution in [1.29, 1.82) is 0 Å². The molecule has 1 N–H and O–H groups in total. The molecule has 0 aliphatic carbocycles. The molecule has 0 unspecified atom stereocenters. The van der Waals surface area contributed by atoms with Crippen LogP contribution in [0.5, 0.6) is 0 Å². The fourth-order valence-electron chi connectivity index (χ4n) is 2.67. The van der Waals surface area contributed by atoms with E-state index in [0.29, 0.717) is 28.5 Å². The smallest absolute Gasteiger partial charge is 0.168 e.